The smallest absolute Gasteiger partial charge is 0.402 e. The highest BCUT2D eigenvalue weighted by Gasteiger charge is 2.32. The molecule has 5 nitrogen and oxygen atoms in total. The summed E-state index contributed by atoms with van der Waals surface area (Å²) in [7, 11) is 0. The van der Waals surface area contributed by atoms with Crippen molar-refractivity contribution in [3.8, 4) is 11.8 Å². The molecular formula is C7H5F3N4O. The van der Waals surface area contributed by atoms with E-state index in [2.05, 4.69) is 9.72 Å². The lowest BCUT2D eigenvalue weighted by Crippen LogP contribution is -2.18. The zero-order chi connectivity index (χ0) is 11.6. The second-order valence-electron chi connectivity index (χ2n) is 2.47. The summed E-state index contributed by atoms with van der Waals surface area (Å²) in [6.45, 7) is 0. The molecule has 0 aromatic carbocycles. The molecule has 1 heterocycles. The van der Waals surface area contributed by atoms with Crippen molar-refractivity contribution in [3.63, 3.8) is 0 Å². The minimum atomic E-state index is -4.88. The van der Waals surface area contributed by atoms with Crippen molar-refractivity contribution in [3.05, 3.63) is 11.8 Å². The van der Waals surface area contributed by atoms with Crippen LogP contribution in [0.2, 0.25) is 0 Å². The lowest BCUT2D eigenvalue weighted by atomic mass is 10.3. The first-order valence-corrected chi connectivity index (χ1v) is 3.55. The molecule has 0 aliphatic rings. The topological polar surface area (TPSA) is 98.0 Å². The molecule has 1 aromatic rings. The highest BCUT2D eigenvalue weighted by molar-refractivity contribution is 5.60. The predicted molar refractivity (Wildman–Crippen MR) is 44.5 cm³/mol. The molecule has 0 saturated heterocycles. The highest BCUT2D eigenvalue weighted by atomic mass is 19.4. The van der Waals surface area contributed by atoms with Crippen LogP contribution in [0.15, 0.2) is 6.07 Å². The van der Waals surface area contributed by atoms with E-state index in [9.17, 15) is 13.2 Å². The van der Waals surface area contributed by atoms with Crippen molar-refractivity contribution in [2.45, 2.75) is 6.36 Å². The van der Waals surface area contributed by atoms with Crippen LogP contribution in [0.1, 0.15) is 5.69 Å². The van der Waals surface area contributed by atoms with Crippen LogP contribution in [-0.4, -0.2) is 11.3 Å². The average molecular weight is 218 g/mol. The lowest BCUT2D eigenvalue weighted by Gasteiger charge is -2.11. The number of hydrogen-bond donors (Lipinski definition) is 2. The molecule has 1 rings (SSSR count). The normalized spacial score (nSPS) is 10.8. The van der Waals surface area contributed by atoms with E-state index in [-0.39, 0.29) is 11.4 Å². The zero-order valence-corrected chi connectivity index (χ0v) is 7.17. The van der Waals surface area contributed by atoms with E-state index in [0.29, 0.717) is 0 Å². The van der Waals surface area contributed by atoms with Crippen molar-refractivity contribution in [1.29, 1.82) is 5.26 Å². The van der Waals surface area contributed by atoms with Gasteiger partial charge in [-0.15, -0.1) is 13.2 Å². The van der Waals surface area contributed by atoms with E-state index in [1.807, 2.05) is 0 Å². The number of aromatic nitrogens is 1. The van der Waals surface area contributed by atoms with Crippen LogP contribution in [0.5, 0.6) is 5.75 Å². The van der Waals surface area contributed by atoms with Gasteiger partial charge in [-0.25, -0.2) is 4.98 Å². The van der Waals surface area contributed by atoms with Gasteiger partial charge in [-0.05, 0) is 0 Å². The largest absolute Gasteiger partial charge is 0.573 e. The van der Waals surface area contributed by atoms with Gasteiger partial charge in [0, 0.05) is 6.07 Å². The third-order valence-electron chi connectivity index (χ3n) is 1.38. The summed E-state index contributed by atoms with van der Waals surface area (Å²) in [6.07, 6.45) is -4.88. The summed E-state index contributed by atoms with van der Waals surface area (Å²) >= 11 is 0. The number of halogens is 3. The number of nitrogens with two attached hydrogens (primary N) is 2. The van der Waals surface area contributed by atoms with Gasteiger partial charge < -0.3 is 16.2 Å². The molecule has 8 heteroatoms. The molecule has 0 bridgehead atoms. The minimum absolute atomic E-state index is 0.231. The molecule has 0 amide bonds. The van der Waals surface area contributed by atoms with E-state index >= 15 is 0 Å². The molecule has 0 saturated carbocycles. The predicted octanol–water partition coefficient (Wildman–Crippen LogP) is 1.02. The van der Waals surface area contributed by atoms with Gasteiger partial charge in [0.25, 0.3) is 0 Å². The highest BCUT2D eigenvalue weighted by Crippen LogP contribution is 2.29. The fraction of sp³-hybridized carbons (Fsp3) is 0.143. The maximum Gasteiger partial charge on any atom is 0.573 e. The van der Waals surface area contributed by atoms with E-state index in [1.54, 1.807) is 6.07 Å². The number of alkyl halides is 3. The van der Waals surface area contributed by atoms with E-state index < -0.39 is 17.9 Å². The fourth-order valence-electron chi connectivity index (χ4n) is 0.820. The third-order valence-corrected chi connectivity index (χ3v) is 1.38. The maximum absolute atomic E-state index is 11.8. The van der Waals surface area contributed by atoms with Crippen molar-refractivity contribution in [2.75, 3.05) is 11.5 Å². The Morgan fingerprint density at radius 3 is 2.47 bits per heavy atom. The molecule has 0 radical (unpaired) electrons. The summed E-state index contributed by atoms with van der Waals surface area (Å²) in [5.41, 5.74) is 9.88. The standard InChI is InChI=1S/C7H5F3N4O/c8-7(9,10)15-5-1-3(12)4(2-11)14-6(5)13/h1H,12H2,(H2,13,14). The molecule has 0 fully saturated rings. The second-order valence-corrected chi connectivity index (χ2v) is 2.47. The van der Waals surface area contributed by atoms with E-state index in [0.717, 1.165) is 6.07 Å². The third kappa shape index (κ3) is 2.63. The summed E-state index contributed by atoms with van der Waals surface area (Å²) < 4.78 is 39.0. The van der Waals surface area contributed by atoms with Gasteiger partial charge in [0.15, 0.2) is 17.3 Å². The summed E-state index contributed by atoms with van der Waals surface area (Å²) in [6, 6.07) is 2.37. The van der Waals surface area contributed by atoms with E-state index in [1.165, 1.54) is 0 Å². The minimum Gasteiger partial charge on any atom is -0.402 e. The first kappa shape index (κ1) is 10.9. The monoisotopic (exact) mass is 218 g/mol. The Bertz CT molecular complexity index is 423. The van der Waals surface area contributed by atoms with Crippen molar-refractivity contribution < 1.29 is 17.9 Å². The Labute approximate surface area is 82.1 Å². The average Bonchev–Trinajstić information content (AvgIpc) is 2.08. The second kappa shape index (κ2) is 3.53. The summed E-state index contributed by atoms with van der Waals surface area (Å²) in [5, 5.41) is 8.46. The molecule has 15 heavy (non-hydrogen) atoms. The Hall–Kier alpha value is -2.17. The number of nitrogens with zero attached hydrogens (tertiary/aromatic N) is 2. The van der Waals surface area contributed by atoms with E-state index in [4.69, 9.17) is 16.7 Å². The van der Waals surface area contributed by atoms with Crippen LogP contribution in [-0.2, 0) is 0 Å². The van der Waals surface area contributed by atoms with Crippen LogP contribution >= 0.6 is 0 Å². The van der Waals surface area contributed by atoms with Crippen LogP contribution in [0.3, 0.4) is 0 Å². The Kier molecular flexibility index (Phi) is 2.57. The first-order chi connectivity index (χ1) is 6.83. The molecule has 0 spiro atoms. The number of nitrogen functional groups attached to an aromatic ring is 2. The lowest BCUT2D eigenvalue weighted by molar-refractivity contribution is -0.274. The van der Waals surface area contributed by atoms with Gasteiger partial charge in [0.2, 0.25) is 0 Å². The Morgan fingerprint density at radius 1 is 1.40 bits per heavy atom. The van der Waals surface area contributed by atoms with Gasteiger partial charge in [-0.1, -0.05) is 0 Å². The molecule has 0 aliphatic carbocycles. The Balaban J connectivity index is 3.13. The number of hydrogen-bond acceptors (Lipinski definition) is 5. The number of rotatable bonds is 1. The van der Waals surface area contributed by atoms with Gasteiger partial charge in [-0.2, -0.15) is 5.26 Å². The van der Waals surface area contributed by atoms with Crippen molar-refractivity contribution in [1.82, 2.24) is 4.98 Å². The molecule has 0 unspecified atom stereocenters. The van der Waals surface area contributed by atoms with Crippen LogP contribution < -0.4 is 16.2 Å². The van der Waals surface area contributed by atoms with Crippen molar-refractivity contribution >= 4 is 11.5 Å². The Morgan fingerprint density at radius 2 is 2.00 bits per heavy atom. The first-order valence-electron chi connectivity index (χ1n) is 3.55. The molecule has 0 aliphatic heterocycles. The molecule has 80 valence electrons. The van der Waals surface area contributed by atoms with Gasteiger partial charge in [0.05, 0.1) is 5.69 Å². The zero-order valence-electron chi connectivity index (χ0n) is 7.17. The molecular weight excluding hydrogens is 213 g/mol. The van der Waals surface area contributed by atoms with Crippen LogP contribution in [0.25, 0.3) is 0 Å². The maximum atomic E-state index is 11.8. The molecule has 1 aromatic heterocycles. The van der Waals surface area contributed by atoms with Crippen LogP contribution in [0.4, 0.5) is 24.7 Å². The van der Waals surface area contributed by atoms with Gasteiger partial charge >= 0.3 is 6.36 Å². The number of anilines is 2. The van der Waals surface area contributed by atoms with Crippen molar-refractivity contribution in [2.24, 2.45) is 0 Å². The summed E-state index contributed by atoms with van der Waals surface area (Å²) in [4.78, 5) is 3.34. The quantitative estimate of drug-likeness (QED) is 0.733. The molecule has 0 atom stereocenters. The fourth-order valence-corrected chi connectivity index (χ4v) is 0.820. The SMILES string of the molecule is N#Cc1nc(N)c(OC(F)(F)F)cc1N. The number of pyridine rings is 1. The molecule has 4 N–H and O–H groups in total. The number of nitriles is 1. The summed E-state index contributed by atoms with van der Waals surface area (Å²) in [5.74, 6) is -1.27. The number of ether oxygens (including phenoxy) is 1. The van der Waals surface area contributed by atoms with Gasteiger partial charge in [-0.3, -0.25) is 0 Å². The van der Waals surface area contributed by atoms with Crippen LogP contribution in [0, 0.1) is 11.3 Å². The van der Waals surface area contributed by atoms with Gasteiger partial charge in [0.1, 0.15) is 6.07 Å².